The molecule has 2 aromatic rings. The van der Waals surface area contributed by atoms with Gasteiger partial charge in [0.2, 0.25) is 0 Å². The number of hydrogen-bond donors (Lipinski definition) is 1. The van der Waals surface area contributed by atoms with E-state index < -0.39 is 6.10 Å². The Hall–Kier alpha value is -1.87. The minimum Gasteiger partial charge on any atom is -0.389 e. The third-order valence-electron chi connectivity index (χ3n) is 4.11. The van der Waals surface area contributed by atoms with Gasteiger partial charge in [-0.25, -0.2) is 4.39 Å². The number of aliphatic hydroxyl groups excluding tert-OH is 1. The van der Waals surface area contributed by atoms with Gasteiger partial charge in [0.1, 0.15) is 5.82 Å². The maximum atomic E-state index is 14.5. The number of rotatable bonds is 2. The van der Waals surface area contributed by atoms with Crippen molar-refractivity contribution in [1.29, 1.82) is 0 Å². The SMILES string of the molecule is C[C@@H](O)c1ccc(N2CCCCc3ccccc32)c(F)c1. The largest absolute Gasteiger partial charge is 0.389 e. The summed E-state index contributed by atoms with van der Waals surface area (Å²) < 4.78 is 14.5. The number of aliphatic hydroxyl groups is 1. The number of nitrogens with zero attached hydrogens (tertiary/aromatic N) is 1. The van der Waals surface area contributed by atoms with Gasteiger partial charge in [0.15, 0.2) is 0 Å². The molecule has 1 atom stereocenters. The number of halogens is 1. The van der Waals surface area contributed by atoms with Gasteiger partial charge >= 0.3 is 0 Å². The average Bonchev–Trinajstić information content (AvgIpc) is 2.69. The second-order valence-corrected chi connectivity index (χ2v) is 5.62. The lowest BCUT2D eigenvalue weighted by Crippen LogP contribution is -2.19. The molecule has 3 rings (SSSR count). The van der Waals surface area contributed by atoms with Crippen LogP contribution in [0.2, 0.25) is 0 Å². The van der Waals surface area contributed by atoms with E-state index in [-0.39, 0.29) is 5.82 Å². The molecule has 0 aromatic heterocycles. The molecule has 3 heteroatoms. The minimum atomic E-state index is -0.648. The molecule has 0 spiro atoms. The van der Waals surface area contributed by atoms with Gasteiger partial charge in [0.05, 0.1) is 11.8 Å². The van der Waals surface area contributed by atoms with Gasteiger partial charge in [0.25, 0.3) is 0 Å². The van der Waals surface area contributed by atoms with E-state index in [4.69, 9.17) is 0 Å². The molecule has 1 N–H and O–H groups in total. The van der Waals surface area contributed by atoms with Crippen LogP contribution in [0.15, 0.2) is 42.5 Å². The molecule has 0 amide bonds. The monoisotopic (exact) mass is 285 g/mol. The molecule has 1 aliphatic rings. The first kappa shape index (κ1) is 14.1. The summed E-state index contributed by atoms with van der Waals surface area (Å²) in [6, 6.07) is 13.2. The molecule has 110 valence electrons. The highest BCUT2D eigenvalue weighted by Gasteiger charge is 2.19. The van der Waals surface area contributed by atoms with Crippen molar-refractivity contribution < 1.29 is 9.50 Å². The molecule has 0 aliphatic carbocycles. The minimum absolute atomic E-state index is 0.273. The van der Waals surface area contributed by atoms with Crippen LogP contribution in [0.5, 0.6) is 0 Å². The summed E-state index contributed by atoms with van der Waals surface area (Å²) in [6.45, 7) is 2.47. The molecule has 1 heterocycles. The molecule has 0 radical (unpaired) electrons. The summed E-state index contributed by atoms with van der Waals surface area (Å²) in [4.78, 5) is 2.06. The average molecular weight is 285 g/mol. The molecule has 0 fully saturated rings. The quantitative estimate of drug-likeness (QED) is 0.886. The topological polar surface area (TPSA) is 23.5 Å². The summed E-state index contributed by atoms with van der Waals surface area (Å²) in [5, 5.41) is 9.57. The lowest BCUT2D eigenvalue weighted by atomic mass is 10.1. The summed E-state index contributed by atoms with van der Waals surface area (Å²) in [6.07, 6.45) is 2.57. The Morgan fingerprint density at radius 3 is 2.67 bits per heavy atom. The smallest absolute Gasteiger partial charge is 0.147 e. The van der Waals surface area contributed by atoms with Crippen molar-refractivity contribution >= 4 is 11.4 Å². The highest BCUT2D eigenvalue weighted by molar-refractivity contribution is 5.67. The zero-order chi connectivity index (χ0) is 14.8. The van der Waals surface area contributed by atoms with E-state index in [9.17, 15) is 9.50 Å². The fourth-order valence-electron chi connectivity index (χ4n) is 2.94. The normalized spacial score (nSPS) is 16.2. The van der Waals surface area contributed by atoms with Crippen LogP contribution in [0.1, 0.15) is 37.0 Å². The Kier molecular flexibility index (Phi) is 3.93. The van der Waals surface area contributed by atoms with E-state index in [1.54, 1.807) is 19.1 Å². The van der Waals surface area contributed by atoms with E-state index >= 15 is 0 Å². The molecule has 0 bridgehead atoms. The fourth-order valence-corrected chi connectivity index (χ4v) is 2.94. The molecule has 21 heavy (non-hydrogen) atoms. The molecule has 0 unspecified atom stereocenters. The van der Waals surface area contributed by atoms with Crippen LogP contribution in [-0.4, -0.2) is 11.7 Å². The van der Waals surface area contributed by atoms with Crippen LogP contribution >= 0.6 is 0 Å². The molecule has 2 aromatic carbocycles. The van der Waals surface area contributed by atoms with Gasteiger partial charge in [-0.3, -0.25) is 0 Å². The van der Waals surface area contributed by atoms with Crippen molar-refractivity contribution in [3.63, 3.8) is 0 Å². The van der Waals surface area contributed by atoms with Crippen LogP contribution in [0, 0.1) is 5.82 Å². The predicted octanol–water partition coefficient (Wildman–Crippen LogP) is 4.35. The predicted molar refractivity (Wildman–Crippen MR) is 83.4 cm³/mol. The Morgan fingerprint density at radius 1 is 1.10 bits per heavy atom. The highest BCUT2D eigenvalue weighted by Crippen LogP contribution is 2.34. The van der Waals surface area contributed by atoms with Gasteiger partial charge in [-0.1, -0.05) is 24.3 Å². The third-order valence-corrected chi connectivity index (χ3v) is 4.11. The Labute approximate surface area is 124 Å². The number of fused-ring (bicyclic) bond motifs is 1. The number of benzene rings is 2. The first-order valence-electron chi connectivity index (χ1n) is 7.50. The second-order valence-electron chi connectivity index (χ2n) is 5.62. The number of anilines is 2. The Balaban J connectivity index is 2.04. The van der Waals surface area contributed by atoms with Gasteiger partial charge in [-0.05, 0) is 55.5 Å². The van der Waals surface area contributed by atoms with Crippen molar-refractivity contribution in [3.8, 4) is 0 Å². The lowest BCUT2D eigenvalue weighted by Gasteiger charge is -2.26. The van der Waals surface area contributed by atoms with E-state index in [0.29, 0.717) is 11.3 Å². The lowest BCUT2D eigenvalue weighted by molar-refractivity contribution is 0.199. The third kappa shape index (κ3) is 2.79. The van der Waals surface area contributed by atoms with Crippen LogP contribution in [-0.2, 0) is 6.42 Å². The standard InChI is InChI=1S/C18H20FNO/c1-13(21)15-9-10-18(16(19)12-15)20-11-5-4-7-14-6-2-3-8-17(14)20/h2-3,6,8-10,12-13,21H,4-5,7,11H2,1H3/t13-/m1/s1. The van der Waals surface area contributed by atoms with Crippen molar-refractivity contribution in [2.75, 3.05) is 11.4 Å². The molecule has 0 saturated heterocycles. The summed E-state index contributed by atoms with van der Waals surface area (Å²) in [7, 11) is 0. The molecular formula is C18H20FNO. The van der Waals surface area contributed by atoms with Crippen molar-refractivity contribution in [2.24, 2.45) is 0 Å². The first-order valence-corrected chi connectivity index (χ1v) is 7.50. The molecule has 1 aliphatic heterocycles. The maximum absolute atomic E-state index is 14.5. The zero-order valence-electron chi connectivity index (χ0n) is 12.2. The van der Waals surface area contributed by atoms with Crippen molar-refractivity contribution in [3.05, 3.63) is 59.4 Å². The van der Waals surface area contributed by atoms with Crippen LogP contribution in [0.3, 0.4) is 0 Å². The van der Waals surface area contributed by atoms with Gasteiger partial charge in [-0.15, -0.1) is 0 Å². The summed E-state index contributed by atoms with van der Waals surface area (Å²) in [5.74, 6) is -0.273. The van der Waals surface area contributed by atoms with Gasteiger partial charge in [-0.2, -0.15) is 0 Å². The van der Waals surface area contributed by atoms with Crippen molar-refractivity contribution in [1.82, 2.24) is 0 Å². The van der Waals surface area contributed by atoms with Gasteiger partial charge < -0.3 is 10.0 Å². The Bertz CT molecular complexity index is 639. The van der Waals surface area contributed by atoms with E-state index in [0.717, 1.165) is 31.5 Å². The summed E-state index contributed by atoms with van der Waals surface area (Å²) >= 11 is 0. The van der Waals surface area contributed by atoms with Crippen LogP contribution in [0.25, 0.3) is 0 Å². The molecule has 2 nitrogen and oxygen atoms in total. The number of aryl methyl sites for hydroxylation is 1. The van der Waals surface area contributed by atoms with E-state index in [1.165, 1.54) is 11.6 Å². The maximum Gasteiger partial charge on any atom is 0.147 e. The number of para-hydroxylation sites is 1. The molecular weight excluding hydrogens is 265 g/mol. The number of hydrogen-bond acceptors (Lipinski definition) is 2. The van der Waals surface area contributed by atoms with Crippen molar-refractivity contribution in [2.45, 2.75) is 32.3 Å². The second kappa shape index (κ2) is 5.86. The van der Waals surface area contributed by atoms with E-state index in [1.807, 2.05) is 12.1 Å². The highest BCUT2D eigenvalue weighted by atomic mass is 19.1. The van der Waals surface area contributed by atoms with Crippen LogP contribution in [0.4, 0.5) is 15.8 Å². The molecule has 0 saturated carbocycles. The fraction of sp³-hybridized carbons (Fsp3) is 0.333. The first-order chi connectivity index (χ1) is 10.2. The summed E-state index contributed by atoms with van der Waals surface area (Å²) in [5.41, 5.74) is 3.57. The van der Waals surface area contributed by atoms with Crippen LogP contribution < -0.4 is 4.90 Å². The Morgan fingerprint density at radius 2 is 1.90 bits per heavy atom. The zero-order valence-corrected chi connectivity index (χ0v) is 12.2. The van der Waals surface area contributed by atoms with Gasteiger partial charge in [0, 0.05) is 12.2 Å². The van der Waals surface area contributed by atoms with E-state index in [2.05, 4.69) is 17.0 Å².